The van der Waals surface area contributed by atoms with Gasteiger partial charge in [-0.25, -0.2) is 0 Å². The molecule has 2 rings (SSSR count). The Bertz CT molecular complexity index is 374. The molecular formula is C12H17N3O2S. The summed E-state index contributed by atoms with van der Waals surface area (Å²) in [6.45, 7) is 0.00542. The maximum absolute atomic E-state index is 12.3. The second kappa shape index (κ2) is 6.10. The predicted octanol–water partition coefficient (Wildman–Crippen LogP) is 0.718. The standard InChI is InChI=1S/C12H17N3O2S/c13-5-6-14-11(16)10-7-18-8-15(10)12(17)9-3-1-2-4-9/h9-10H,1-4,6-8H2,(H,14,16). The van der Waals surface area contributed by atoms with Crippen LogP contribution in [0.2, 0.25) is 0 Å². The van der Waals surface area contributed by atoms with Crippen molar-refractivity contribution in [3.8, 4) is 6.07 Å². The second-order valence-electron chi connectivity index (χ2n) is 4.68. The lowest BCUT2D eigenvalue weighted by Gasteiger charge is -2.25. The van der Waals surface area contributed by atoms with Gasteiger partial charge in [0.15, 0.2) is 0 Å². The second-order valence-corrected chi connectivity index (χ2v) is 5.68. The average Bonchev–Trinajstić information content (AvgIpc) is 3.04. The van der Waals surface area contributed by atoms with Crippen molar-refractivity contribution in [2.24, 2.45) is 5.92 Å². The highest BCUT2D eigenvalue weighted by Gasteiger charge is 2.38. The summed E-state index contributed by atoms with van der Waals surface area (Å²) >= 11 is 1.60. The molecule has 1 unspecified atom stereocenters. The molecule has 1 heterocycles. The predicted molar refractivity (Wildman–Crippen MR) is 68.5 cm³/mol. The Morgan fingerprint density at radius 1 is 1.39 bits per heavy atom. The topological polar surface area (TPSA) is 73.2 Å². The first-order valence-corrected chi connectivity index (χ1v) is 7.42. The summed E-state index contributed by atoms with van der Waals surface area (Å²) in [5.74, 6) is 1.26. The molecule has 1 saturated heterocycles. The summed E-state index contributed by atoms with van der Waals surface area (Å²) in [7, 11) is 0. The Balaban J connectivity index is 1.96. The van der Waals surface area contributed by atoms with E-state index in [1.807, 2.05) is 6.07 Å². The van der Waals surface area contributed by atoms with E-state index in [0.29, 0.717) is 11.6 Å². The van der Waals surface area contributed by atoms with Crippen molar-refractivity contribution in [1.29, 1.82) is 5.26 Å². The normalized spacial score (nSPS) is 23.9. The molecule has 5 nitrogen and oxygen atoms in total. The van der Waals surface area contributed by atoms with Crippen molar-refractivity contribution >= 4 is 23.6 Å². The quantitative estimate of drug-likeness (QED) is 0.765. The van der Waals surface area contributed by atoms with E-state index in [-0.39, 0.29) is 24.3 Å². The van der Waals surface area contributed by atoms with E-state index in [0.717, 1.165) is 25.7 Å². The number of thioether (sulfide) groups is 1. The van der Waals surface area contributed by atoms with Gasteiger partial charge in [-0.15, -0.1) is 11.8 Å². The summed E-state index contributed by atoms with van der Waals surface area (Å²) in [6.07, 6.45) is 4.13. The van der Waals surface area contributed by atoms with Gasteiger partial charge < -0.3 is 10.2 Å². The zero-order valence-corrected chi connectivity index (χ0v) is 11.0. The van der Waals surface area contributed by atoms with E-state index in [4.69, 9.17) is 5.26 Å². The maximum atomic E-state index is 12.3. The van der Waals surface area contributed by atoms with Crippen LogP contribution in [0.1, 0.15) is 25.7 Å². The lowest BCUT2D eigenvalue weighted by Crippen LogP contribution is -2.48. The summed E-state index contributed by atoms with van der Waals surface area (Å²) in [5.41, 5.74) is 0. The number of rotatable bonds is 3. The van der Waals surface area contributed by atoms with Crippen LogP contribution >= 0.6 is 11.8 Å². The summed E-state index contributed by atoms with van der Waals surface area (Å²) in [4.78, 5) is 25.9. The highest BCUT2D eigenvalue weighted by Crippen LogP contribution is 2.30. The van der Waals surface area contributed by atoms with Gasteiger partial charge in [0.2, 0.25) is 11.8 Å². The molecule has 0 aromatic heterocycles. The van der Waals surface area contributed by atoms with Crippen molar-refractivity contribution in [3.63, 3.8) is 0 Å². The molecule has 1 aliphatic carbocycles. The molecule has 1 atom stereocenters. The van der Waals surface area contributed by atoms with Crippen molar-refractivity contribution in [2.45, 2.75) is 31.7 Å². The van der Waals surface area contributed by atoms with Crippen molar-refractivity contribution in [2.75, 3.05) is 18.2 Å². The van der Waals surface area contributed by atoms with Gasteiger partial charge in [0, 0.05) is 11.7 Å². The molecule has 98 valence electrons. The summed E-state index contributed by atoms with van der Waals surface area (Å²) in [5, 5.41) is 11.0. The molecule has 18 heavy (non-hydrogen) atoms. The third-order valence-electron chi connectivity index (χ3n) is 3.51. The van der Waals surface area contributed by atoms with Crippen molar-refractivity contribution < 1.29 is 9.59 Å². The van der Waals surface area contributed by atoms with Gasteiger partial charge >= 0.3 is 0 Å². The molecule has 0 radical (unpaired) electrons. The Labute approximate surface area is 111 Å². The molecule has 0 bridgehead atoms. The van der Waals surface area contributed by atoms with Gasteiger partial charge in [-0.2, -0.15) is 5.26 Å². The summed E-state index contributed by atoms with van der Waals surface area (Å²) in [6, 6.07) is 1.49. The Morgan fingerprint density at radius 2 is 2.11 bits per heavy atom. The molecule has 6 heteroatoms. The van der Waals surface area contributed by atoms with Crippen LogP contribution in [0.4, 0.5) is 0 Å². The summed E-state index contributed by atoms with van der Waals surface area (Å²) < 4.78 is 0. The lowest BCUT2D eigenvalue weighted by molar-refractivity contribution is -0.140. The number of hydrogen-bond donors (Lipinski definition) is 1. The van der Waals surface area contributed by atoms with Gasteiger partial charge in [-0.1, -0.05) is 12.8 Å². The number of amides is 2. The molecular weight excluding hydrogens is 250 g/mol. The fraction of sp³-hybridized carbons (Fsp3) is 0.750. The number of nitriles is 1. The number of nitrogens with one attached hydrogen (secondary N) is 1. The monoisotopic (exact) mass is 267 g/mol. The zero-order chi connectivity index (χ0) is 13.0. The Hall–Kier alpha value is -1.22. The fourth-order valence-electron chi connectivity index (χ4n) is 2.53. The third-order valence-corrected chi connectivity index (χ3v) is 4.53. The smallest absolute Gasteiger partial charge is 0.244 e. The molecule has 0 aromatic carbocycles. The van der Waals surface area contributed by atoms with Gasteiger partial charge in [0.25, 0.3) is 0 Å². The Kier molecular flexibility index (Phi) is 4.48. The van der Waals surface area contributed by atoms with Crippen LogP contribution in [0.5, 0.6) is 0 Å². The first-order valence-electron chi connectivity index (χ1n) is 6.27. The minimum atomic E-state index is -0.392. The number of nitrogens with zero attached hydrogens (tertiary/aromatic N) is 2. The van der Waals surface area contributed by atoms with E-state index in [2.05, 4.69) is 5.32 Å². The van der Waals surface area contributed by atoms with Crippen LogP contribution < -0.4 is 5.32 Å². The highest BCUT2D eigenvalue weighted by atomic mass is 32.2. The van der Waals surface area contributed by atoms with Crippen LogP contribution in [0.25, 0.3) is 0 Å². The molecule has 1 N–H and O–H groups in total. The first kappa shape index (κ1) is 13.2. The van der Waals surface area contributed by atoms with Crippen LogP contribution in [-0.2, 0) is 9.59 Å². The van der Waals surface area contributed by atoms with Crippen molar-refractivity contribution in [1.82, 2.24) is 10.2 Å². The molecule has 2 fully saturated rings. The molecule has 0 spiro atoms. The van der Waals surface area contributed by atoms with E-state index in [1.54, 1.807) is 16.7 Å². The van der Waals surface area contributed by atoms with Crippen LogP contribution in [-0.4, -0.2) is 40.9 Å². The van der Waals surface area contributed by atoms with E-state index in [1.165, 1.54) is 0 Å². The first-order chi connectivity index (χ1) is 8.74. The molecule has 1 aliphatic heterocycles. The van der Waals surface area contributed by atoms with E-state index >= 15 is 0 Å². The molecule has 2 amide bonds. The minimum absolute atomic E-state index is 0.00542. The SMILES string of the molecule is N#CCNC(=O)C1CSCN1C(=O)C1CCCC1. The van der Waals surface area contributed by atoms with E-state index < -0.39 is 6.04 Å². The van der Waals surface area contributed by atoms with Gasteiger partial charge in [0.05, 0.1) is 11.9 Å². The zero-order valence-electron chi connectivity index (χ0n) is 10.2. The van der Waals surface area contributed by atoms with Crippen LogP contribution in [0, 0.1) is 17.2 Å². The third kappa shape index (κ3) is 2.78. The highest BCUT2D eigenvalue weighted by molar-refractivity contribution is 7.99. The van der Waals surface area contributed by atoms with Crippen LogP contribution in [0.3, 0.4) is 0 Å². The number of carbonyl (C=O) groups is 2. The molecule has 2 aliphatic rings. The van der Waals surface area contributed by atoms with Crippen molar-refractivity contribution in [3.05, 3.63) is 0 Å². The van der Waals surface area contributed by atoms with Crippen LogP contribution in [0.15, 0.2) is 0 Å². The molecule has 0 aromatic rings. The Morgan fingerprint density at radius 3 is 2.78 bits per heavy atom. The van der Waals surface area contributed by atoms with Gasteiger partial charge in [-0.3, -0.25) is 9.59 Å². The minimum Gasteiger partial charge on any atom is -0.341 e. The number of carbonyl (C=O) groups excluding carboxylic acids is 2. The number of hydrogen-bond acceptors (Lipinski definition) is 4. The average molecular weight is 267 g/mol. The fourth-order valence-corrected chi connectivity index (χ4v) is 3.69. The lowest BCUT2D eigenvalue weighted by atomic mass is 10.1. The largest absolute Gasteiger partial charge is 0.341 e. The van der Waals surface area contributed by atoms with E-state index in [9.17, 15) is 9.59 Å². The molecule has 1 saturated carbocycles. The maximum Gasteiger partial charge on any atom is 0.244 e. The van der Waals surface area contributed by atoms with Gasteiger partial charge in [-0.05, 0) is 12.8 Å². The van der Waals surface area contributed by atoms with Gasteiger partial charge in [0.1, 0.15) is 12.6 Å².